The summed E-state index contributed by atoms with van der Waals surface area (Å²) in [5.74, 6) is 0.580. The van der Waals surface area contributed by atoms with Crippen LogP contribution < -0.4 is 4.74 Å². The van der Waals surface area contributed by atoms with E-state index in [4.69, 9.17) is 4.74 Å². The van der Waals surface area contributed by atoms with Crippen molar-refractivity contribution in [2.75, 3.05) is 0 Å². The Bertz CT molecular complexity index is 810. The third-order valence-electron chi connectivity index (χ3n) is 3.31. The van der Waals surface area contributed by atoms with Crippen molar-refractivity contribution in [1.29, 1.82) is 0 Å². The zero-order valence-corrected chi connectivity index (χ0v) is 13.3. The lowest BCUT2D eigenvalue weighted by atomic mass is 10.2. The van der Waals surface area contributed by atoms with Crippen LogP contribution in [0.2, 0.25) is 0 Å². The molecule has 1 aromatic heterocycles. The molecule has 0 aliphatic rings. The fraction of sp³-hybridized carbons (Fsp3) is 0.111. The Morgan fingerprint density at radius 3 is 2.30 bits per heavy atom. The van der Waals surface area contributed by atoms with E-state index in [1.165, 1.54) is 11.3 Å². The Labute approximate surface area is 138 Å². The van der Waals surface area contributed by atoms with E-state index in [9.17, 15) is 9.90 Å². The van der Waals surface area contributed by atoms with Gasteiger partial charge in [0.25, 0.3) is 0 Å². The standard InChI is InChI=1S/C18H15NO3S/c1-2-15-16(18(20)21)23-17(19-15)12-8-10-14(11-9-12)22-13-6-4-3-5-7-13/h3-11H,2H2,1H3,(H,20,21). The molecular weight excluding hydrogens is 310 g/mol. The highest BCUT2D eigenvalue weighted by atomic mass is 32.1. The third-order valence-corrected chi connectivity index (χ3v) is 4.44. The van der Waals surface area contributed by atoms with Gasteiger partial charge in [0.15, 0.2) is 0 Å². The number of nitrogens with zero attached hydrogens (tertiary/aromatic N) is 1. The number of aryl methyl sites for hydroxylation is 1. The van der Waals surface area contributed by atoms with E-state index in [0.717, 1.165) is 17.1 Å². The van der Waals surface area contributed by atoms with Crippen molar-refractivity contribution in [2.45, 2.75) is 13.3 Å². The van der Waals surface area contributed by atoms with Crippen molar-refractivity contribution in [3.8, 4) is 22.1 Å². The maximum absolute atomic E-state index is 11.2. The molecule has 0 aliphatic heterocycles. The molecule has 0 saturated heterocycles. The number of hydrogen-bond donors (Lipinski definition) is 1. The average Bonchev–Trinajstić information content (AvgIpc) is 3.01. The normalized spacial score (nSPS) is 10.5. The molecule has 0 unspecified atom stereocenters. The molecule has 116 valence electrons. The maximum Gasteiger partial charge on any atom is 0.347 e. The molecule has 3 rings (SSSR count). The number of carboxylic acids is 1. The maximum atomic E-state index is 11.2. The lowest BCUT2D eigenvalue weighted by Crippen LogP contribution is -1.97. The molecule has 0 fully saturated rings. The lowest BCUT2D eigenvalue weighted by Gasteiger charge is -2.05. The van der Waals surface area contributed by atoms with Crippen LogP contribution in [0.3, 0.4) is 0 Å². The van der Waals surface area contributed by atoms with Crippen LogP contribution in [0, 0.1) is 0 Å². The largest absolute Gasteiger partial charge is 0.477 e. The molecule has 0 radical (unpaired) electrons. The van der Waals surface area contributed by atoms with Gasteiger partial charge in [-0.05, 0) is 42.8 Å². The second-order valence-corrected chi connectivity index (χ2v) is 5.89. The minimum atomic E-state index is -0.922. The van der Waals surface area contributed by atoms with E-state index in [1.54, 1.807) is 0 Å². The van der Waals surface area contributed by atoms with Crippen LogP contribution in [0.5, 0.6) is 11.5 Å². The number of carboxylic acid groups (broad SMARTS) is 1. The summed E-state index contributed by atoms with van der Waals surface area (Å²) in [7, 11) is 0. The summed E-state index contributed by atoms with van der Waals surface area (Å²) in [5, 5.41) is 9.93. The molecule has 0 aliphatic carbocycles. The number of aromatic carboxylic acids is 1. The number of rotatable bonds is 5. The molecule has 4 nitrogen and oxygen atoms in total. The first-order valence-corrected chi connectivity index (χ1v) is 8.05. The highest BCUT2D eigenvalue weighted by molar-refractivity contribution is 7.17. The predicted molar refractivity (Wildman–Crippen MR) is 90.4 cm³/mol. The summed E-state index contributed by atoms with van der Waals surface area (Å²) in [6.07, 6.45) is 0.604. The number of aromatic nitrogens is 1. The molecule has 0 bridgehead atoms. The molecule has 1 N–H and O–H groups in total. The molecule has 1 heterocycles. The fourth-order valence-electron chi connectivity index (χ4n) is 2.17. The minimum Gasteiger partial charge on any atom is -0.477 e. The second-order valence-electron chi connectivity index (χ2n) is 4.89. The van der Waals surface area contributed by atoms with Crippen LogP contribution in [-0.2, 0) is 6.42 Å². The van der Waals surface area contributed by atoms with E-state index in [0.29, 0.717) is 22.0 Å². The van der Waals surface area contributed by atoms with Gasteiger partial charge >= 0.3 is 5.97 Å². The van der Waals surface area contributed by atoms with E-state index >= 15 is 0 Å². The Balaban J connectivity index is 1.83. The topological polar surface area (TPSA) is 59.4 Å². The fourth-order valence-corrected chi connectivity index (χ4v) is 3.17. The van der Waals surface area contributed by atoms with Crippen molar-refractivity contribution < 1.29 is 14.6 Å². The van der Waals surface area contributed by atoms with Crippen molar-refractivity contribution >= 4 is 17.3 Å². The van der Waals surface area contributed by atoms with Gasteiger partial charge in [0.1, 0.15) is 21.4 Å². The van der Waals surface area contributed by atoms with Crippen LogP contribution in [-0.4, -0.2) is 16.1 Å². The zero-order valence-electron chi connectivity index (χ0n) is 12.5. The Morgan fingerprint density at radius 1 is 1.09 bits per heavy atom. The Hall–Kier alpha value is -2.66. The first-order chi connectivity index (χ1) is 11.2. The monoisotopic (exact) mass is 325 g/mol. The number of ether oxygens (including phenoxy) is 1. The summed E-state index contributed by atoms with van der Waals surface area (Å²) in [6, 6.07) is 17.0. The van der Waals surface area contributed by atoms with Crippen LogP contribution in [0.4, 0.5) is 0 Å². The van der Waals surface area contributed by atoms with Crippen molar-refractivity contribution in [1.82, 2.24) is 4.98 Å². The molecule has 0 atom stereocenters. The van der Waals surface area contributed by atoms with Gasteiger partial charge in [0.05, 0.1) is 5.69 Å². The molecule has 23 heavy (non-hydrogen) atoms. The van der Waals surface area contributed by atoms with Gasteiger partial charge in [-0.3, -0.25) is 0 Å². The summed E-state index contributed by atoms with van der Waals surface area (Å²) in [6.45, 7) is 1.90. The smallest absolute Gasteiger partial charge is 0.347 e. The molecule has 3 aromatic rings. The first-order valence-electron chi connectivity index (χ1n) is 7.23. The quantitative estimate of drug-likeness (QED) is 0.727. The van der Waals surface area contributed by atoms with Gasteiger partial charge < -0.3 is 9.84 Å². The molecular formula is C18H15NO3S. The van der Waals surface area contributed by atoms with E-state index in [1.807, 2.05) is 61.5 Å². The third kappa shape index (κ3) is 3.40. The van der Waals surface area contributed by atoms with Crippen LogP contribution in [0.15, 0.2) is 54.6 Å². The van der Waals surface area contributed by atoms with E-state index in [2.05, 4.69) is 4.98 Å². The molecule has 0 saturated carbocycles. The van der Waals surface area contributed by atoms with E-state index < -0.39 is 5.97 Å². The molecule has 2 aromatic carbocycles. The summed E-state index contributed by atoms with van der Waals surface area (Å²) in [5.41, 5.74) is 1.51. The van der Waals surface area contributed by atoms with Crippen LogP contribution in [0.25, 0.3) is 10.6 Å². The molecule has 0 amide bonds. The molecule has 0 spiro atoms. The summed E-state index contributed by atoms with van der Waals surface area (Å²) in [4.78, 5) is 16.0. The number of para-hydroxylation sites is 1. The van der Waals surface area contributed by atoms with Gasteiger partial charge in [-0.2, -0.15) is 0 Å². The van der Waals surface area contributed by atoms with Crippen molar-refractivity contribution in [3.63, 3.8) is 0 Å². The number of carbonyl (C=O) groups is 1. The summed E-state index contributed by atoms with van der Waals surface area (Å²) < 4.78 is 5.75. The SMILES string of the molecule is CCc1nc(-c2ccc(Oc3ccccc3)cc2)sc1C(=O)O. The zero-order chi connectivity index (χ0) is 16.2. The minimum absolute atomic E-state index is 0.312. The van der Waals surface area contributed by atoms with Gasteiger partial charge in [-0.25, -0.2) is 9.78 Å². The van der Waals surface area contributed by atoms with Gasteiger partial charge in [-0.1, -0.05) is 25.1 Å². The Kier molecular flexibility index (Phi) is 4.39. The highest BCUT2D eigenvalue weighted by Gasteiger charge is 2.16. The Morgan fingerprint density at radius 2 is 1.74 bits per heavy atom. The number of thiazole rings is 1. The van der Waals surface area contributed by atoms with Crippen LogP contribution in [0.1, 0.15) is 22.3 Å². The first kappa shape index (κ1) is 15.2. The van der Waals surface area contributed by atoms with Gasteiger partial charge in [0.2, 0.25) is 0 Å². The van der Waals surface area contributed by atoms with Crippen molar-refractivity contribution in [3.05, 3.63) is 65.2 Å². The number of hydrogen-bond acceptors (Lipinski definition) is 4. The number of benzene rings is 2. The predicted octanol–water partition coefficient (Wildman–Crippen LogP) is 4.86. The van der Waals surface area contributed by atoms with Gasteiger partial charge in [-0.15, -0.1) is 11.3 Å². The average molecular weight is 325 g/mol. The van der Waals surface area contributed by atoms with Crippen LogP contribution >= 0.6 is 11.3 Å². The molecule has 5 heteroatoms. The van der Waals surface area contributed by atoms with Gasteiger partial charge in [0, 0.05) is 5.56 Å². The van der Waals surface area contributed by atoms with Crippen molar-refractivity contribution in [2.24, 2.45) is 0 Å². The second kappa shape index (κ2) is 6.62. The van der Waals surface area contributed by atoms with E-state index in [-0.39, 0.29) is 0 Å². The highest BCUT2D eigenvalue weighted by Crippen LogP contribution is 2.30. The summed E-state index contributed by atoms with van der Waals surface area (Å²) >= 11 is 1.20. The lowest BCUT2D eigenvalue weighted by molar-refractivity contribution is 0.0701.